The number of thiophene rings is 1. The first-order valence-electron chi connectivity index (χ1n) is 8.74. The molecular formula is C18H22N6O2S. The van der Waals surface area contributed by atoms with Crippen molar-refractivity contribution in [2.45, 2.75) is 25.3 Å². The predicted octanol–water partition coefficient (Wildman–Crippen LogP) is 1.24. The molecule has 0 aromatic carbocycles. The van der Waals surface area contributed by atoms with Crippen molar-refractivity contribution in [1.29, 1.82) is 0 Å². The highest BCUT2D eigenvalue weighted by Crippen LogP contribution is 2.27. The maximum atomic E-state index is 12.7. The number of carbonyl (C=O) groups is 2. The van der Waals surface area contributed by atoms with Gasteiger partial charge in [0.1, 0.15) is 4.88 Å². The Morgan fingerprint density at radius 2 is 2.26 bits per heavy atom. The van der Waals surface area contributed by atoms with E-state index >= 15 is 0 Å². The average molecular weight is 386 g/mol. The number of anilines is 1. The monoisotopic (exact) mass is 386 g/mol. The Morgan fingerprint density at radius 3 is 3.00 bits per heavy atom. The fourth-order valence-corrected chi connectivity index (χ4v) is 3.73. The summed E-state index contributed by atoms with van der Waals surface area (Å²) in [6, 6.07) is 1.01. The van der Waals surface area contributed by atoms with Gasteiger partial charge >= 0.3 is 6.03 Å². The molecule has 2 aromatic heterocycles. The smallest absolute Gasteiger partial charge is 0.316 e. The zero-order valence-corrected chi connectivity index (χ0v) is 15.9. The highest BCUT2D eigenvalue weighted by atomic mass is 32.1. The van der Waals surface area contributed by atoms with Crippen molar-refractivity contribution in [2.24, 2.45) is 12.8 Å². The Bertz CT molecular complexity index is 883. The van der Waals surface area contributed by atoms with E-state index in [1.54, 1.807) is 23.1 Å². The van der Waals surface area contributed by atoms with Crippen LogP contribution in [0.1, 0.15) is 39.4 Å². The quantitative estimate of drug-likeness (QED) is 0.594. The van der Waals surface area contributed by atoms with Crippen molar-refractivity contribution in [3.05, 3.63) is 33.8 Å². The summed E-state index contributed by atoms with van der Waals surface area (Å²) < 4.78 is 1.66. The molecule has 27 heavy (non-hydrogen) atoms. The second kappa shape index (κ2) is 8.70. The van der Waals surface area contributed by atoms with Crippen molar-refractivity contribution < 1.29 is 9.59 Å². The Hall–Kier alpha value is -2.83. The van der Waals surface area contributed by atoms with E-state index < -0.39 is 6.03 Å². The third kappa shape index (κ3) is 5.32. The first kappa shape index (κ1) is 18.9. The standard InChI is InChI=1S/C18H22N6O2S/c1-24-11-12(9-21-24)5-6-14-8-15(23-18(19)26)16(27-14)17(25)22-13-4-2-3-7-20-10-13/h8-9,11,13,20H,2-4,7,10H2,1H3,(H,22,25)(H3,19,23,26)/t13-/m0/s1. The lowest BCUT2D eigenvalue weighted by Crippen LogP contribution is -2.40. The summed E-state index contributed by atoms with van der Waals surface area (Å²) in [5.41, 5.74) is 6.39. The van der Waals surface area contributed by atoms with Gasteiger partial charge in [-0.3, -0.25) is 9.48 Å². The molecule has 0 aliphatic carbocycles. The maximum Gasteiger partial charge on any atom is 0.316 e. The van der Waals surface area contributed by atoms with Gasteiger partial charge in [0, 0.05) is 25.8 Å². The molecule has 0 saturated carbocycles. The predicted molar refractivity (Wildman–Crippen MR) is 105 cm³/mol. The van der Waals surface area contributed by atoms with Crippen LogP contribution in [0.3, 0.4) is 0 Å². The van der Waals surface area contributed by atoms with E-state index in [0.717, 1.165) is 37.9 Å². The lowest BCUT2D eigenvalue weighted by molar-refractivity contribution is 0.0940. The Labute approximate surface area is 161 Å². The zero-order valence-electron chi connectivity index (χ0n) is 15.0. The molecule has 3 heterocycles. The van der Waals surface area contributed by atoms with Gasteiger partial charge in [0.05, 0.1) is 22.3 Å². The van der Waals surface area contributed by atoms with Crippen LogP contribution in [0.4, 0.5) is 10.5 Å². The summed E-state index contributed by atoms with van der Waals surface area (Å²) in [4.78, 5) is 25.1. The number of hydrogen-bond donors (Lipinski definition) is 4. The van der Waals surface area contributed by atoms with Crippen LogP contribution in [0, 0.1) is 11.8 Å². The third-order valence-corrected chi connectivity index (χ3v) is 5.16. The number of primary amides is 1. The van der Waals surface area contributed by atoms with E-state index in [9.17, 15) is 9.59 Å². The molecule has 142 valence electrons. The summed E-state index contributed by atoms with van der Waals surface area (Å²) in [6.45, 7) is 1.71. The molecule has 3 amide bonds. The molecular weight excluding hydrogens is 364 g/mol. The summed E-state index contributed by atoms with van der Waals surface area (Å²) >= 11 is 1.23. The molecule has 2 aromatic rings. The van der Waals surface area contributed by atoms with Gasteiger partial charge in [-0.15, -0.1) is 11.3 Å². The number of amides is 3. The third-order valence-electron chi connectivity index (χ3n) is 4.11. The average Bonchev–Trinajstić information content (AvgIpc) is 3.11. The number of hydrogen-bond acceptors (Lipinski definition) is 5. The Balaban J connectivity index is 1.79. The number of nitrogens with zero attached hydrogens (tertiary/aromatic N) is 2. The maximum absolute atomic E-state index is 12.7. The number of nitrogens with two attached hydrogens (primary N) is 1. The van der Waals surface area contributed by atoms with E-state index in [1.165, 1.54) is 11.3 Å². The molecule has 8 nitrogen and oxygen atoms in total. The molecule has 1 fully saturated rings. The van der Waals surface area contributed by atoms with Crippen molar-refractivity contribution in [3.8, 4) is 11.8 Å². The van der Waals surface area contributed by atoms with Crippen molar-refractivity contribution in [1.82, 2.24) is 20.4 Å². The zero-order chi connectivity index (χ0) is 19.2. The number of carbonyl (C=O) groups excluding carboxylic acids is 2. The fraction of sp³-hybridized carbons (Fsp3) is 0.389. The second-order valence-electron chi connectivity index (χ2n) is 6.37. The topological polar surface area (TPSA) is 114 Å². The van der Waals surface area contributed by atoms with Crippen LogP contribution in [0.25, 0.3) is 0 Å². The van der Waals surface area contributed by atoms with Crippen LogP contribution in [-0.4, -0.2) is 40.9 Å². The Kier molecular flexibility index (Phi) is 6.11. The van der Waals surface area contributed by atoms with Gasteiger partial charge in [0.15, 0.2) is 0 Å². The highest BCUT2D eigenvalue weighted by molar-refractivity contribution is 7.15. The van der Waals surface area contributed by atoms with Crippen molar-refractivity contribution in [2.75, 3.05) is 18.4 Å². The van der Waals surface area contributed by atoms with Crippen molar-refractivity contribution >= 4 is 29.0 Å². The van der Waals surface area contributed by atoms with Gasteiger partial charge in [-0.1, -0.05) is 18.3 Å². The largest absolute Gasteiger partial charge is 0.351 e. The number of rotatable bonds is 3. The molecule has 9 heteroatoms. The van der Waals surface area contributed by atoms with Crippen LogP contribution in [0.2, 0.25) is 0 Å². The van der Waals surface area contributed by atoms with Gasteiger partial charge in [-0.05, 0) is 25.5 Å². The fourth-order valence-electron chi connectivity index (χ4n) is 2.86. The van der Waals surface area contributed by atoms with Crippen LogP contribution in [0.5, 0.6) is 0 Å². The van der Waals surface area contributed by atoms with Crippen LogP contribution >= 0.6 is 11.3 Å². The first-order chi connectivity index (χ1) is 13.0. The summed E-state index contributed by atoms with van der Waals surface area (Å²) in [6.07, 6.45) is 6.56. The molecule has 0 spiro atoms. The SMILES string of the molecule is Cn1cc(C#Cc2cc(NC(N)=O)c(C(=O)N[C@H]3CCCCNC3)s2)cn1. The second-order valence-corrected chi connectivity index (χ2v) is 7.42. The molecule has 3 rings (SSSR count). The van der Waals surface area contributed by atoms with Gasteiger partial charge < -0.3 is 21.7 Å². The number of urea groups is 1. The van der Waals surface area contributed by atoms with Gasteiger partial charge in [-0.25, -0.2) is 4.79 Å². The van der Waals surface area contributed by atoms with Gasteiger partial charge in [-0.2, -0.15) is 5.10 Å². The number of nitrogens with one attached hydrogen (secondary N) is 3. The van der Waals surface area contributed by atoms with E-state index in [4.69, 9.17) is 5.73 Å². The van der Waals surface area contributed by atoms with Crippen molar-refractivity contribution in [3.63, 3.8) is 0 Å². The van der Waals surface area contributed by atoms with Crippen LogP contribution in [-0.2, 0) is 7.05 Å². The van der Waals surface area contributed by atoms with Gasteiger partial charge in [0.25, 0.3) is 5.91 Å². The lowest BCUT2D eigenvalue weighted by Gasteiger charge is -2.16. The number of aromatic nitrogens is 2. The van der Waals surface area contributed by atoms with Crippen LogP contribution < -0.4 is 21.7 Å². The molecule has 0 radical (unpaired) electrons. The number of aryl methyl sites for hydroxylation is 1. The molecule has 1 aliphatic rings. The first-order valence-corrected chi connectivity index (χ1v) is 9.55. The van der Waals surface area contributed by atoms with E-state index in [0.29, 0.717) is 15.4 Å². The van der Waals surface area contributed by atoms with E-state index in [2.05, 4.69) is 32.9 Å². The molecule has 0 bridgehead atoms. The highest BCUT2D eigenvalue weighted by Gasteiger charge is 2.21. The molecule has 1 aliphatic heterocycles. The van der Waals surface area contributed by atoms with E-state index in [1.807, 2.05) is 7.05 Å². The summed E-state index contributed by atoms with van der Waals surface area (Å²) in [7, 11) is 1.82. The minimum Gasteiger partial charge on any atom is -0.351 e. The minimum atomic E-state index is -0.718. The van der Waals surface area contributed by atoms with Gasteiger partial charge in [0.2, 0.25) is 0 Å². The normalized spacial score (nSPS) is 16.7. The molecule has 1 atom stereocenters. The minimum absolute atomic E-state index is 0.0634. The van der Waals surface area contributed by atoms with E-state index in [-0.39, 0.29) is 11.9 Å². The molecule has 5 N–H and O–H groups in total. The van der Waals surface area contributed by atoms with Crippen LogP contribution in [0.15, 0.2) is 18.5 Å². The summed E-state index contributed by atoms with van der Waals surface area (Å²) in [5.74, 6) is 5.77. The summed E-state index contributed by atoms with van der Waals surface area (Å²) in [5, 5.41) is 12.9. The Morgan fingerprint density at radius 1 is 1.41 bits per heavy atom. The lowest BCUT2D eigenvalue weighted by atomic mass is 10.1. The molecule has 0 unspecified atom stereocenters. The molecule has 1 saturated heterocycles.